The van der Waals surface area contributed by atoms with E-state index in [4.69, 9.17) is 4.74 Å². The van der Waals surface area contributed by atoms with E-state index in [9.17, 15) is 9.59 Å². The third kappa shape index (κ3) is 4.34. The minimum Gasteiger partial charge on any atom is -0.465 e. The summed E-state index contributed by atoms with van der Waals surface area (Å²) in [7, 11) is 3.14. The molecule has 0 aliphatic rings. The van der Waals surface area contributed by atoms with Crippen LogP contribution in [-0.2, 0) is 16.6 Å². The van der Waals surface area contributed by atoms with Crippen molar-refractivity contribution in [3.05, 3.63) is 41.0 Å². The number of rotatable bonds is 6. The molecular weight excluding hydrogens is 386 g/mol. The van der Waals surface area contributed by atoms with Gasteiger partial charge in [-0.05, 0) is 25.1 Å². The molecule has 27 heavy (non-hydrogen) atoms. The predicted octanol–water partition coefficient (Wildman–Crippen LogP) is 2.76. The Morgan fingerprint density at radius 1 is 1.37 bits per heavy atom. The SMILES string of the molecule is COC(=O)c1cc(C)sc1NC(=O)CSc1nnc(-c2cccnc2)n1C. The van der Waals surface area contributed by atoms with Crippen LogP contribution in [0.2, 0.25) is 0 Å². The summed E-state index contributed by atoms with van der Waals surface area (Å²) in [4.78, 5) is 29.1. The first kappa shape index (κ1) is 19.1. The van der Waals surface area contributed by atoms with Crippen LogP contribution < -0.4 is 5.32 Å². The molecule has 0 fully saturated rings. The molecule has 3 heterocycles. The van der Waals surface area contributed by atoms with Crippen molar-refractivity contribution in [2.24, 2.45) is 7.05 Å². The normalized spacial score (nSPS) is 10.6. The number of thiophene rings is 1. The van der Waals surface area contributed by atoms with Crippen molar-refractivity contribution >= 4 is 40.0 Å². The standard InChI is InChI=1S/C17H17N5O3S2/c1-10-7-12(16(24)25-3)15(27-10)19-13(23)9-26-17-21-20-14(22(17)2)11-5-4-6-18-8-11/h4-8H,9H2,1-3H3,(H,19,23). The highest BCUT2D eigenvalue weighted by Gasteiger charge is 2.18. The van der Waals surface area contributed by atoms with E-state index in [0.717, 1.165) is 10.4 Å². The summed E-state index contributed by atoms with van der Waals surface area (Å²) in [6, 6.07) is 5.42. The van der Waals surface area contributed by atoms with Crippen LogP contribution in [0.25, 0.3) is 11.4 Å². The molecule has 8 nitrogen and oxygen atoms in total. The Balaban J connectivity index is 1.65. The second-order valence-electron chi connectivity index (χ2n) is 5.54. The molecule has 3 rings (SSSR count). The average Bonchev–Trinajstić information content (AvgIpc) is 3.22. The third-order valence-electron chi connectivity index (χ3n) is 3.60. The molecule has 0 aliphatic carbocycles. The number of nitrogens with zero attached hydrogens (tertiary/aromatic N) is 4. The van der Waals surface area contributed by atoms with Crippen molar-refractivity contribution in [2.75, 3.05) is 18.2 Å². The number of ether oxygens (including phenoxy) is 1. The minimum absolute atomic E-state index is 0.135. The van der Waals surface area contributed by atoms with Crippen LogP contribution in [0.15, 0.2) is 35.7 Å². The molecule has 1 amide bonds. The Kier molecular flexibility index (Phi) is 5.87. The predicted molar refractivity (Wildman–Crippen MR) is 104 cm³/mol. The smallest absolute Gasteiger partial charge is 0.340 e. The molecule has 0 saturated carbocycles. The van der Waals surface area contributed by atoms with Crippen molar-refractivity contribution in [3.8, 4) is 11.4 Å². The van der Waals surface area contributed by atoms with Crippen molar-refractivity contribution in [1.82, 2.24) is 19.7 Å². The quantitative estimate of drug-likeness (QED) is 0.499. The highest BCUT2D eigenvalue weighted by Crippen LogP contribution is 2.29. The van der Waals surface area contributed by atoms with Crippen LogP contribution in [0.3, 0.4) is 0 Å². The van der Waals surface area contributed by atoms with Crippen LogP contribution in [0, 0.1) is 6.92 Å². The summed E-state index contributed by atoms with van der Waals surface area (Å²) in [5, 5.41) is 12.2. The van der Waals surface area contributed by atoms with Gasteiger partial charge in [0.15, 0.2) is 11.0 Å². The molecule has 0 atom stereocenters. The number of aromatic nitrogens is 4. The van der Waals surface area contributed by atoms with Gasteiger partial charge in [0.25, 0.3) is 0 Å². The van der Waals surface area contributed by atoms with E-state index in [0.29, 0.717) is 21.5 Å². The summed E-state index contributed by atoms with van der Waals surface area (Å²) in [6.07, 6.45) is 3.40. The van der Waals surface area contributed by atoms with Gasteiger partial charge < -0.3 is 14.6 Å². The average molecular weight is 403 g/mol. The molecule has 0 spiro atoms. The van der Waals surface area contributed by atoms with Gasteiger partial charge in [-0.25, -0.2) is 4.79 Å². The molecule has 0 saturated heterocycles. The molecule has 0 aliphatic heterocycles. The second kappa shape index (κ2) is 8.31. The molecule has 0 unspecified atom stereocenters. The fourth-order valence-corrected chi connectivity index (χ4v) is 3.98. The van der Waals surface area contributed by atoms with Gasteiger partial charge >= 0.3 is 5.97 Å². The molecule has 1 N–H and O–H groups in total. The number of anilines is 1. The minimum atomic E-state index is -0.475. The highest BCUT2D eigenvalue weighted by molar-refractivity contribution is 7.99. The maximum atomic E-state index is 12.3. The number of thioether (sulfide) groups is 1. The molecule has 0 radical (unpaired) electrons. The number of methoxy groups -OCH3 is 1. The molecule has 3 aromatic heterocycles. The number of hydrogen-bond acceptors (Lipinski definition) is 8. The number of carbonyl (C=O) groups excluding carboxylic acids is 2. The lowest BCUT2D eigenvalue weighted by Crippen LogP contribution is -2.16. The molecule has 0 aromatic carbocycles. The zero-order valence-corrected chi connectivity index (χ0v) is 16.6. The van der Waals surface area contributed by atoms with E-state index in [1.54, 1.807) is 18.5 Å². The van der Waals surface area contributed by atoms with Crippen LogP contribution in [0.4, 0.5) is 5.00 Å². The maximum Gasteiger partial charge on any atom is 0.340 e. The van der Waals surface area contributed by atoms with Crippen LogP contribution in [-0.4, -0.2) is 44.5 Å². The van der Waals surface area contributed by atoms with E-state index in [1.165, 1.54) is 30.2 Å². The largest absolute Gasteiger partial charge is 0.465 e. The van der Waals surface area contributed by atoms with Crippen molar-refractivity contribution in [2.45, 2.75) is 12.1 Å². The number of hydrogen-bond donors (Lipinski definition) is 1. The second-order valence-corrected chi connectivity index (χ2v) is 7.73. The summed E-state index contributed by atoms with van der Waals surface area (Å²) < 4.78 is 6.56. The topological polar surface area (TPSA) is 99.0 Å². The third-order valence-corrected chi connectivity index (χ3v) is 5.59. The number of nitrogens with one attached hydrogen (secondary N) is 1. The Morgan fingerprint density at radius 2 is 2.19 bits per heavy atom. The number of esters is 1. The van der Waals surface area contributed by atoms with Crippen LogP contribution >= 0.6 is 23.1 Å². The van der Waals surface area contributed by atoms with Crippen molar-refractivity contribution in [3.63, 3.8) is 0 Å². The van der Waals surface area contributed by atoms with Gasteiger partial charge in [0, 0.05) is 29.9 Å². The summed E-state index contributed by atoms with van der Waals surface area (Å²) >= 11 is 2.59. The van der Waals surface area contributed by atoms with E-state index < -0.39 is 5.97 Å². The number of pyridine rings is 1. The van der Waals surface area contributed by atoms with E-state index in [2.05, 4.69) is 20.5 Å². The first-order valence-corrected chi connectivity index (χ1v) is 9.71. The van der Waals surface area contributed by atoms with Gasteiger partial charge in [-0.15, -0.1) is 21.5 Å². The number of aryl methyl sites for hydroxylation is 1. The van der Waals surface area contributed by atoms with E-state index in [1.807, 2.05) is 30.7 Å². The summed E-state index contributed by atoms with van der Waals surface area (Å²) in [5.41, 5.74) is 1.21. The Labute approximate surface area is 164 Å². The van der Waals surface area contributed by atoms with Gasteiger partial charge in [-0.1, -0.05) is 11.8 Å². The Bertz CT molecular complexity index is 968. The van der Waals surface area contributed by atoms with Crippen LogP contribution in [0.5, 0.6) is 0 Å². The first-order valence-electron chi connectivity index (χ1n) is 7.90. The lowest BCUT2D eigenvalue weighted by atomic mass is 10.3. The van der Waals surface area contributed by atoms with Crippen molar-refractivity contribution < 1.29 is 14.3 Å². The van der Waals surface area contributed by atoms with Crippen LogP contribution in [0.1, 0.15) is 15.2 Å². The number of amides is 1. The molecular formula is C17H17N5O3S2. The lowest BCUT2D eigenvalue weighted by Gasteiger charge is -2.06. The zero-order chi connectivity index (χ0) is 19.4. The van der Waals surface area contributed by atoms with Gasteiger partial charge in [0.05, 0.1) is 18.4 Å². The highest BCUT2D eigenvalue weighted by atomic mass is 32.2. The maximum absolute atomic E-state index is 12.3. The van der Waals surface area contributed by atoms with Gasteiger partial charge in [-0.3, -0.25) is 9.78 Å². The van der Waals surface area contributed by atoms with Crippen molar-refractivity contribution in [1.29, 1.82) is 0 Å². The fourth-order valence-electron chi connectivity index (χ4n) is 2.35. The van der Waals surface area contributed by atoms with E-state index in [-0.39, 0.29) is 11.7 Å². The zero-order valence-electron chi connectivity index (χ0n) is 14.9. The Morgan fingerprint density at radius 3 is 2.89 bits per heavy atom. The fraction of sp³-hybridized carbons (Fsp3) is 0.235. The first-order chi connectivity index (χ1) is 13.0. The summed E-state index contributed by atoms with van der Waals surface area (Å²) in [5.74, 6) is 0.0962. The lowest BCUT2D eigenvalue weighted by molar-refractivity contribution is -0.113. The molecule has 3 aromatic rings. The Hall–Kier alpha value is -2.72. The van der Waals surface area contributed by atoms with E-state index >= 15 is 0 Å². The molecule has 10 heteroatoms. The molecule has 0 bridgehead atoms. The number of carbonyl (C=O) groups is 2. The van der Waals surface area contributed by atoms with Gasteiger partial charge in [0.2, 0.25) is 5.91 Å². The summed E-state index contributed by atoms with van der Waals surface area (Å²) in [6.45, 7) is 1.86. The monoisotopic (exact) mass is 403 g/mol. The van der Waals surface area contributed by atoms with Gasteiger partial charge in [-0.2, -0.15) is 0 Å². The van der Waals surface area contributed by atoms with Gasteiger partial charge in [0.1, 0.15) is 5.00 Å². The molecule has 140 valence electrons.